The summed E-state index contributed by atoms with van der Waals surface area (Å²) >= 11 is 0. The van der Waals surface area contributed by atoms with Crippen molar-refractivity contribution in [1.29, 1.82) is 0 Å². The number of hydrogen-bond donors (Lipinski definition) is 1. The second kappa shape index (κ2) is 7.66. The number of nitrogens with zero attached hydrogens (tertiary/aromatic N) is 2. The monoisotopic (exact) mass is 394 g/mol. The van der Waals surface area contributed by atoms with Crippen LogP contribution in [-0.4, -0.2) is 44.0 Å². The Kier molecular flexibility index (Phi) is 5.07. The van der Waals surface area contributed by atoms with Crippen LogP contribution < -0.4 is 4.90 Å². The molecule has 3 aromatic rings. The highest BCUT2D eigenvalue weighted by atomic mass is 32.2. The Balaban J connectivity index is 1.48. The van der Waals surface area contributed by atoms with Gasteiger partial charge in [-0.25, -0.2) is 8.42 Å². The molecule has 6 heteroatoms. The molecule has 4 rings (SSSR count). The fourth-order valence-corrected chi connectivity index (χ4v) is 4.92. The molecule has 0 amide bonds. The van der Waals surface area contributed by atoms with Crippen molar-refractivity contribution in [2.24, 2.45) is 0 Å². The zero-order valence-corrected chi connectivity index (χ0v) is 16.2. The van der Waals surface area contributed by atoms with E-state index in [1.807, 2.05) is 59.5 Å². The van der Waals surface area contributed by atoms with E-state index in [9.17, 15) is 13.5 Å². The summed E-state index contributed by atoms with van der Waals surface area (Å²) in [5.41, 5.74) is 2.79. The first-order valence-corrected chi connectivity index (χ1v) is 10.7. The van der Waals surface area contributed by atoms with Gasteiger partial charge in [0, 0.05) is 26.2 Å². The SMILES string of the molecule is O=S(=O)(c1ccc(-c2ccccc2)cc1)N1CCN(c2ccccc2O)CC1. The van der Waals surface area contributed by atoms with Gasteiger partial charge in [0.15, 0.2) is 0 Å². The molecule has 0 aliphatic carbocycles. The molecule has 1 aliphatic rings. The number of aromatic hydroxyl groups is 1. The van der Waals surface area contributed by atoms with Crippen LogP contribution in [0.4, 0.5) is 5.69 Å². The summed E-state index contributed by atoms with van der Waals surface area (Å²) in [5.74, 6) is 0.218. The van der Waals surface area contributed by atoms with Crippen LogP contribution in [0.1, 0.15) is 0 Å². The maximum atomic E-state index is 13.0. The van der Waals surface area contributed by atoms with Crippen molar-refractivity contribution in [1.82, 2.24) is 4.31 Å². The van der Waals surface area contributed by atoms with E-state index in [4.69, 9.17) is 0 Å². The minimum atomic E-state index is -3.53. The first kappa shape index (κ1) is 18.5. The zero-order chi connectivity index (χ0) is 19.6. The first-order valence-electron chi connectivity index (χ1n) is 9.24. The quantitative estimate of drug-likeness (QED) is 0.735. The number of sulfonamides is 1. The lowest BCUT2D eigenvalue weighted by molar-refractivity contribution is 0.382. The van der Waals surface area contributed by atoms with E-state index in [0.717, 1.165) is 16.8 Å². The Morgan fingerprint density at radius 3 is 1.89 bits per heavy atom. The van der Waals surface area contributed by atoms with Crippen LogP contribution in [0.15, 0.2) is 83.8 Å². The van der Waals surface area contributed by atoms with E-state index in [-0.39, 0.29) is 5.75 Å². The van der Waals surface area contributed by atoms with Gasteiger partial charge >= 0.3 is 0 Å². The third-order valence-corrected chi connectivity index (χ3v) is 6.97. The third kappa shape index (κ3) is 3.61. The number of anilines is 1. The van der Waals surface area contributed by atoms with Gasteiger partial charge in [-0.2, -0.15) is 4.31 Å². The molecule has 1 heterocycles. The summed E-state index contributed by atoms with van der Waals surface area (Å²) in [7, 11) is -3.53. The second-order valence-electron chi connectivity index (χ2n) is 6.77. The summed E-state index contributed by atoms with van der Waals surface area (Å²) in [5, 5.41) is 10.0. The van der Waals surface area contributed by atoms with Gasteiger partial charge in [0.2, 0.25) is 10.0 Å². The lowest BCUT2D eigenvalue weighted by atomic mass is 10.1. The lowest BCUT2D eigenvalue weighted by Gasteiger charge is -2.35. The highest BCUT2D eigenvalue weighted by Gasteiger charge is 2.29. The van der Waals surface area contributed by atoms with Crippen molar-refractivity contribution in [2.45, 2.75) is 4.90 Å². The number of phenols is 1. The minimum Gasteiger partial charge on any atom is -0.506 e. The van der Waals surface area contributed by atoms with Crippen molar-refractivity contribution < 1.29 is 13.5 Å². The largest absolute Gasteiger partial charge is 0.506 e. The van der Waals surface area contributed by atoms with Crippen LogP contribution in [0.25, 0.3) is 11.1 Å². The summed E-state index contributed by atoms with van der Waals surface area (Å²) in [6.07, 6.45) is 0. The summed E-state index contributed by atoms with van der Waals surface area (Å²) in [6.45, 7) is 1.85. The zero-order valence-electron chi connectivity index (χ0n) is 15.4. The number of para-hydroxylation sites is 2. The molecule has 0 spiro atoms. The van der Waals surface area contributed by atoms with Gasteiger partial charge in [0.1, 0.15) is 5.75 Å². The van der Waals surface area contributed by atoms with Crippen LogP contribution in [0.5, 0.6) is 5.75 Å². The van der Waals surface area contributed by atoms with E-state index < -0.39 is 10.0 Å². The molecule has 0 bridgehead atoms. The molecule has 144 valence electrons. The van der Waals surface area contributed by atoms with Crippen LogP contribution in [0.2, 0.25) is 0 Å². The van der Waals surface area contributed by atoms with Gasteiger partial charge < -0.3 is 10.0 Å². The second-order valence-corrected chi connectivity index (χ2v) is 8.71. The highest BCUT2D eigenvalue weighted by Crippen LogP contribution is 2.29. The maximum Gasteiger partial charge on any atom is 0.243 e. The fourth-order valence-electron chi connectivity index (χ4n) is 3.50. The van der Waals surface area contributed by atoms with Crippen molar-refractivity contribution in [3.8, 4) is 16.9 Å². The Morgan fingerprint density at radius 1 is 0.679 bits per heavy atom. The van der Waals surface area contributed by atoms with Gasteiger partial charge in [-0.3, -0.25) is 0 Å². The molecule has 1 aliphatic heterocycles. The van der Waals surface area contributed by atoms with Crippen LogP contribution in [0, 0.1) is 0 Å². The number of phenolic OH excluding ortho intramolecular Hbond substituents is 1. The molecule has 0 radical (unpaired) electrons. The summed E-state index contributed by atoms with van der Waals surface area (Å²) < 4.78 is 27.5. The molecule has 0 saturated carbocycles. The van der Waals surface area contributed by atoms with Crippen molar-refractivity contribution in [2.75, 3.05) is 31.1 Å². The highest BCUT2D eigenvalue weighted by molar-refractivity contribution is 7.89. The minimum absolute atomic E-state index is 0.218. The molecule has 0 aromatic heterocycles. The van der Waals surface area contributed by atoms with E-state index in [2.05, 4.69) is 0 Å². The van der Waals surface area contributed by atoms with E-state index in [1.54, 1.807) is 24.3 Å². The number of piperazine rings is 1. The topological polar surface area (TPSA) is 60.9 Å². The molecule has 1 fully saturated rings. The Hall–Kier alpha value is -2.83. The molecule has 3 aromatic carbocycles. The van der Waals surface area contributed by atoms with E-state index in [1.165, 1.54) is 4.31 Å². The van der Waals surface area contributed by atoms with Gasteiger partial charge in [0.05, 0.1) is 10.6 Å². The number of rotatable bonds is 4. The average Bonchev–Trinajstić information content (AvgIpc) is 2.75. The standard InChI is InChI=1S/C22H22N2O3S/c25-22-9-5-4-8-21(22)23-14-16-24(17-15-23)28(26,27)20-12-10-19(11-13-20)18-6-2-1-3-7-18/h1-13,25H,14-17H2. The van der Waals surface area contributed by atoms with Crippen LogP contribution >= 0.6 is 0 Å². The molecular formula is C22H22N2O3S. The fraction of sp³-hybridized carbons (Fsp3) is 0.182. The van der Waals surface area contributed by atoms with E-state index in [0.29, 0.717) is 31.1 Å². The molecule has 28 heavy (non-hydrogen) atoms. The molecular weight excluding hydrogens is 372 g/mol. The Labute approximate surface area is 165 Å². The Bertz CT molecular complexity index is 1040. The normalized spacial score (nSPS) is 15.5. The van der Waals surface area contributed by atoms with Gasteiger partial charge in [0.25, 0.3) is 0 Å². The molecule has 0 atom stereocenters. The molecule has 0 unspecified atom stereocenters. The van der Waals surface area contributed by atoms with Gasteiger partial charge in [-0.1, -0.05) is 54.6 Å². The molecule has 1 N–H and O–H groups in total. The van der Waals surface area contributed by atoms with Crippen molar-refractivity contribution in [3.63, 3.8) is 0 Å². The predicted octanol–water partition coefficient (Wildman–Crippen LogP) is 3.57. The smallest absolute Gasteiger partial charge is 0.243 e. The summed E-state index contributed by atoms with van der Waals surface area (Å²) in [6, 6.07) is 24.1. The average molecular weight is 394 g/mol. The third-order valence-electron chi connectivity index (χ3n) is 5.06. The van der Waals surface area contributed by atoms with Gasteiger partial charge in [-0.15, -0.1) is 0 Å². The first-order chi connectivity index (χ1) is 13.6. The van der Waals surface area contributed by atoms with E-state index >= 15 is 0 Å². The van der Waals surface area contributed by atoms with Crippen LogP contribution in [0.3, 0.4) is 0 Å². The van der Waals surface area contributed by atoms with Crippen LogP contribution in [-0.2, 0) is 10.0 Å². The Morgan fingerprint density at radius 2 is 1.25 bits per heavy atom. The van der Waals surface area contributed by atoms with Gasteiger partial charge in [-0.05, 0) is 35.4 Å². The predicted molar refractivity (Wildman–Crippen MR) is 111 cm³/mol. The number of benzene rings is 3. The maximum absolute atomic E-state index is 13.0. The summed E-state index contributed by atoms with van der Waals surface area (Å²) in [4.78, 5) is 2.32. The molecule has 1 saturated heterocycles. The number of hydrogen-bond acceptors (Lipinski definition) is 4. The molecule has 5 nitrogen and oxygen atoms in total. The lowest BCUT2D eigenvalue weighted by Crippen LogP contribution is -2.48. The van der Waals surface area contributed by atoms with Crippen molar-refractivity contribution in [3.05, 3.63) is 78.9 Å². The van der Waals surface area contributed by atoms with Crippen molar-refractivity contribution >= 4 is 15.7 Å².